The largest absolute Gasteiger partial charge is 0.383 e. The molecule has 84 valence electrons. The molecule has 0 unspecified atom stereocenters. The van der Waals surface area contributed by atoms with Gasteiger partial charge in [-0.1, -0.05) is 19.1 Å². The van der Waals surface area contributed by atoms with Gasteiger partial charge in [0.2, 0.25) is 5.43 Å². The van der Waals surface area contributed by atoms with Gasteiger partial charge in [0.25, 0.3) is 0 Å². The lowest BCUT2D eigenvalue weighted by Gasteiger charge is -2.13. The molecule has 0 saturated carbocycles. The second-order valence-electron chi connectivity index (χ2n) is 3.60. The van der Waals surface area contributed by atoms with Crippen LogP contribution < -0.4 is 16.1 Å². The highest BCUT2D eigenvalue weighted by Gasteiger charge is 2.14. The van der Waals surface area contributed by atoms with E-state index in [0.29, 0.717) is 4.51 Å². The Morgan fingerprint density at radius 2 is 1.93 bits per heavy atom. The second kappa shape index (κ2) is 5.98. The zero-order valence-electron chi connectivity index (χ0n) is 9.35. The van der Waals surface area contributed by atoms with Gasteiger partial charge in [0.15, 0.2) is 0 Å². The third kappa shape index (κ3) is 2.86. The molecule has 0 heterocycles. The van der Waals surface area contributed by atoms with Crippen molar-refractivity contribution in [3.63, 3.8) is 0 Å². The van der Waals surface area contributed by atoms with Gasteiger partial charge in [-0.3, -0.25) is 4.79 Å². The highest BCUT2D eigenvalue weighted by molar-refractivity contribution is 7.71. The Labute approximate surface area is 95.6 Å². The molecule has 0 fully saturated rings. The first-order valence-corrected chi connectivity index (χ1v) is 5.83. The molecule has 1 rings (SSSR count). The first-order chi connectivity index (χ1) is 7.22. The van der Waals surface area contributed by atoms with E-state index in [0.717, 1.165) is 43.6 Å². The van der Waals surface area contributed by atoms with Crippen LogP contribution in [0.5, 0.6) is 0 Å². The lowest BCUT2D eigenvalue weighted by atomic mass is 10.1. The summed E-state index contributed by atoms with van der Waals surface area (Å²) in [7, 11) is 1.95. The van der Waals surface area contributed by atoms with Crippen LogP contribution in [0.2, 0.25) is 0 Å². The summed E-state index contributed by atoms with van der Waals surface area (Å²) >= 11 is 4.99. The van der Waals surface area contributed by atoms with E-state index in [1.54, 1.807) is 0 Å². The fraction of sp³-hybridized carbons (Fsp3) is 0.636. The molecule has 0 spiro atoms. The van der Waals surface area contributed by atoms with Crippen LogP contribution in [0.15, 0.2) is 4.79 Å². The third-order valence-corrected chi connectivity index (χ3v) is 2.91. The van der Waals surface area contributed by atoms with Crippen molar-refractivity contribution >= 4 is 17.9 Å². The van der Waals surface area contributed by atoms with Gasteiger partial charge in [-0.25, -0.2) is 0 Å². The van der Waals surface area contributed by atoms with E-state index in [2.05, 4.69) is 10.6 Å². The molecule has 3 nitrogen and oxygen atoms in total. The maximum atomic E-state index is 11.3. The predicted octanol–water partition coefficient (Wildman–Crippen LogP) is 1.63. The van der Waals surface area contributed by atoms with Gasteiger partial charge in [0, 0.05) is 12.1 Å². The molecule has 0 atom stereocenters. The van der Waals surface area contributed by atoms with E-state index in [9.17, 15) is 4.79 Å². The first kappa shape index (κ1) is 12.3. The number of anilines is 1. The van der Waals surface area contributed by atoms with Crippen LogP contribution in [0.1, 0.15) is 25.3 Å². The number of rotatable bonds is 7. The van der Waals surface area contributed by atoms with Crippen LogP contribution in [-0.2, 0) is 6.42 Å². The lowest BCUT2D eigenvalue weighted by Crippen LogP contribution is -2.21. The number of nitrogens with one attached hydrogen (secondary N) is 2. The summed E-state index contributed by atoms with van der Waals surface area (Å²) < 4.78 is 0.487. The molecule has 0 aliphatic rings. The topological polar surface area (TPSA) is 41.1 Å². The molecule has 15 heavy (non-hydrogen) atoms. The Kier molecular flexibility index (Phi) is 4.91. The van der Waals surface area contributed by atoms with Gasteiger partial charge in [-0.15, -0.1) is 0 Å². The zero-order chi connectivity index (χ0) is 11.3. The van der Waals surface area contributed by atoms with Crippen molar-refractivity contribution in [1.82, 2.24) is 5.32 Å². The van der Waals surface area contributed by atoms with Gasteiger partial charge in [-0.2, -0.15) is 0 Å². The highest BCUT2D eigenvalue weighted by atomic mass is 32.1. The van der Waals surface area contributed by atoms with Crippen LogP contribution in [0.25, 0.3) is 0 Å². The fourth-order valence-electron chi connectivity index (χ4n) is 1.60. The predicted molar refractivity (Wildman–Crippen MR) is 66.9 cm³/mol. The molecule has 0 aromatic heterocycles. The zero-order valence-corrected chi connectivity index (χ0v) is 10.2. The van der Waals surface area contributed by atoms with E-state index >= 15 is 0 Å². The van der Waals surface area contributed by atoms with Crippen molar-refractivity contribution in [3.8, 4) is 0 Å². The summed E-state index contributed by atoms with van der Waals surface area (Å²) in [5.74, 6) is 0. The van der Waals surface area contributed by atoms with Gasteiger partial charge in [0.1, 0.15) is 4.51 Å². The smallest absolute Gasteiger partial charge is 0.204 e. The summed E-state index contributed by atoms with van der Waals surface area (Å²) in [5, 5.41) is 6.35. The van der Waals surface area contributed by atoms with Crippen molar-refractivity contribution in [2.45, 2.75) is 26.2 Å². The van der Waals surface area contributed by atoms with Crippen LogP contribution in [0.4, 0.5) is 5.69 Å². The van der Waals surface area contributed by atoms with E-state index in [-0.39, 0.29) is 5.43 Å². The van der Waals surface area contributed by atoms with Crippen molar-refractivity contribution in [3.05, 3.63) is 20.3 Å². The van der Waals surface area contributed by atoms with Crippen LogP contribution in [0, 0.1) is 4.51 Å². The van der Waals surface area contributed by atoms with Crippen LogP contribution in [-0.4, -0.2) is 20.1 Å². The number of unbranched alkanes of at least 4 members (excludes halogenated alkanes) is 1. The summed E-state index contributed by atoms with van der Waals surface area (Å²) in [4.78, 5) is 11.3. The summed E-state index contributed by atoms with van der Waals surface area (Å²) in [6, 6.07) is 0. The molecule has 1 aromatic rings. The standard InChI is InChI=1S/C11H18N2OS/c1-3-8-9(11(15)10(8)14)13-7-5-4-6-12-2/h12-13H,3-7H2,1-2H3. The van der Waals surface area contributed by atoms with Gasteiger partial charge < -0.3 is 10.6 Å². The van der Waals surface area contributed by atoms with Gasteiger partial charge in [0.05, 0.1) is 5.69 Å². The molecule has 0 amide bonds. The molecule has 0 radical (unpaired) electrons. The average Bonchev–Trinajstić information content (AvgIpc) is 2.26. The van der Waals surface area contributed by atoms with Crippen molar-refractivity contribution < 1.29 is 0 Å². The molecule has 0 aliphatic carbocycles. The van der Waals surface area contributed by atoms with Gasteiger partial charge >= 0.3 is 0 Å². The third-order valence-electron chi connectivity index (χ3n) is 2.52. The molecule has 4 heteroatoms. The van der Waals surface area contributed by atoms with Crippen molar-refractivity contribution in [2.75, 3.05) is 25.5 Å². The Bertz CT molecular complexity index is 380. The Morgan fingerprint density at radius 3 is 2.53 bits per heavy atom. The first-order valence-electron chi connectivity index (χ1n) is 5.43. The maximum absolute atomic E-state index is 11.3. The SMILES string of the molecule is CCc1c(NCCCCNC)c(=S)c1=O. The van der Waals surface area contributed by atoms with Gasteiger partial charge in [-0.05, 0) is 32.9 Å². The molecule has 0 aliphatic heterocycles. The molecular formula is C11H18N2OS. The Balaban J connectivity index is 2.35. The number of hydrogen-bond acceptors (Lipinski definition) is 4. The van der Waals surface area contributed by atoms with Crippen molar-refractivity contribution in [1.29, 1.82) is 0 Å². The van der Waals surface area contributed by atoms with E-state index in [1.165, 1.54) is 0 Å². The van der Waals surface area contributed by atoms with E-state index in [4.69, 9.17) is 12.2 Å². The van der Waals surface area contributed by atoms with E-state index in [1.807, 2.05) is 14.0 Å². The quantitative estimate of drug-likeness (QED) is 0.547. The average molecular weight is 226 g/mol. The molecular weight excluding hydrogens is 208 g/mol. The number of hydrogen-bond donors (Lipinski definition) is 2. The van der Waals surface area contributed by atoms with E-state index < -0.39 is 0 Å². The summed E-state index contributed by atoms with van der Waals surface area (Å²) in [6.07, 6.45) is 3.01. The van der Waals surface area contributed by atoms with Crippen molar-refractivity contribution in [2.24, 2.45) is 0 Å². The minimum absolute atomic E-state index is 0.0604. The fourth-order valence-corrected chi connectivity index (χ4v) is 1.92. The molecule has 2 N–H and O–H groups in total. The molecule has 1 aromatic carbocycles. The monoisotopic (exact) mass is 226 g/mol. The lowest BCUT2D eigenvalue weighted by molar-refractivity contribution is 0.694. The van der Waals surface area contributed by atoms with Crippen LogP contribution in [0.3, 0.4) is 0 Å². The molecule has 0 bridgehead atoms. The molecule has 0 saturated heterocycles. The minimum Gasteiger partial charge on any atom is -0.383 e. The highest BCUT2D eigenvalue weighted by Crippen LogP contribution is 2.17. The summed E-state index contributed by atoms with van der Waals surface area (Å²) in [6.45, 7) is 3.91. The Hall–Kier alpha value is -0.740. The van der Waals surface area contributed by atoms with Crippen LogP contribution >= 0.6 is 12.2 Å². The maximum Gasteiger partial charge on any atom is 0.204 e. The normalized spacial score (nSPS) is 10.8. The minimum atomic E-state index is 0.0604. The Morgan fingerprint density at radius 1 is 1.27 bits per heavy atom. The summed E-state index contributed by atoms with van der Waals surface area (Å²) in [5.41, 5.74) is 1.85. The second-order valence-corrected chi connectivity index (χ2v) is 4.01.